The lowest BCUT2D eigenvalue weighted by atomic mass is 9.88. The van der Waals surface area contributed by atoms with Gasteiger partial charge in [0.15, 0.2) is 0 Å². The number of likely N-dealkylation sites (N-methyl/N-ethyl adjacent to an activating group) is 1. The number of amides is 4. The summed E-state index contributed by atoms with van der Waals surface area (Å²) in [7, 11) is 3.26. The summed E-state index contributed by atoms with van der Waals surface area (Å²) in [6.45, 7) is 15.8. The van der Waals surface area contributed by atoms with Crippen LogP contribution in [-0.4, -0.2) is 95.6 Å². The zero-order valence-corrected chi connectivity index (χ0v) is 30.9. The molecule has 0 radical (unpaired) electrons. The Morgan fingerprint density at radius 1 is 1.02 bits per heavy atom. The number of nitrogens with two attached hydrogens (primary N) is 1. The number of nitrogens with one attached hydrogen (secondary N) is 2. The van der Waals surface area contributed by atoms with Crippen LogP contribution in [0.4, 0.5) is 0 Å². The molecule has 0 aliphatic carbocycles. The van der Waals surface area contributed by atoms with Gasteiger partial charge in [-0.25, -0.2) is 0 Å². The third-order valence-corrected chi connectivity index (χ3v) is 9.88. The van der Waals surface area contributed by atoms with E-state index in [9.17, 15) is 24.3 Å². The average molecular weight is 674 g/mol. The number of rotatable bonds is 18. The fourth-order valence-corrected chi connectivity index (χ4v) is 6.92. The Hall–Kier alpha value is -3.02. The number of aliphatic hydroxyl groups is 1. The number of aliphatic hydroxyl groups excluding tert-OH is 1. The van der Waals surface area contributed by atoms with Gasteiger partial charge in [-0.2, -0.15) is 0 Å². The maximum atomic E-state index is 13.9. The van der Waals surface area contributed by atoms with E-state index in [1.807, 2.05) is 71.9 Å². The third-order valence-electron chi connectivity index (χ3n) is 9.88. The predicted octanol–water partition coefficient (Wildman–Crippen LogP) is 3.64. The molecule has 11 nitrogen and oxygen atoms in total. The molecule has 4 amide bonds. The predicted molar refractivity (Wildman–Crippen MR) is 189 cm³/mol. The Balaban J connectivity index is 2.17. The maximum Gasteiger partial charge on any atom is 0.245 e. The SMILES string of the molecule is CCC(C)C(C(N)CC(=O)N1CCCC1C(OC)C(C)C(=O)NC(C)C(O)c1ccccc1)N(C)C(=O)C(NC(=O)CC(C)C)C(C)C. The Morgan fingerprint density at radius 3 is 2.19 bits per heavy atom. The molecule has 0 aromatic heterocycles. The molecule has 48 heavy (non-hydrogen) atoms. The molecule has 272 valence electrons. The molecule has 9 unspecified atom stereocenters. The highest BCUT2D eigenvalue weighted by Gasteiger charge is 2.42. The van der Waals surface area contributed by atoms with E-state index < -0.39 is 42.3 Å². The van der Waals surface area contributed by atoms with Gasteiger partial charge < -0.3 is 36.0 Å². The summed E-state index contributed by atoms with van der Waals surface area (Å²) >= 11 is 0. The first-order valence-corrected chi connectivity index (χ1v) is 17.7. The Labute approximate surface area is 288 Å². The first kappa shape index (κ1) is 41.2. The highest BCUT2D eigenvalue weighted by atomic mass is 16.5. The number of methoxy groups -OCH3 is 1. The zero-order chi connectivity index (χ0) is 36.3. The number of benzene rings is 1. The van der Waals surface area contributed by atoms with Crippen molar-refractivity contribution in [2.75, 3.05) is 20.7 Å². The van der Waals surface area contributed by atoms with Crippen LogP contribution >= 0.6 is 0 Å². The second-order valence-electron chi connectivity index (χ2n) is 14.5. The quantitative estimate of drug-likeness (QED) is 0.186. The molecule has 1 saturated heterocycles. The van der Waals surface area contributed by atoms with Crippen LogP contribution in [0.2, 0.25) is 0 Å². The topological polar surface area (TPSA) is 154 Å². The van der Waals surface area contributed by atoms with Gasteiger partial charge in [0.1, 0.15) is 6.04 Å². The van der Waals surface area contributed by atoms with Gasteiger partial charge in [-0.1, -0.05) is 85.2 Å². The Morgan fingerprint density at radius 2 is 1.65 bits per heavy atom. The van der Waals surface area contributed by atoms with Crippen LogP contribution in [0, 0.1) is 23.7 Å². The van der Waals surface area contributed by atoms with Crippen molar-refractivity contribution in [1.82, 2.24) is 20.4 Å². The molecule has 9 atom stereocenters. The summed E-state index contributed by atoms with van der Waals surface area (Å²) < 4.78 is 5.87. The van der Waals surface area contributed by atoms with E-state index in [0.717, 1.165) is 12.8 Å². The second kappa shape index (κ2) is 19.2. The Kier molecular flexibility index (Phi) is 16.5. The molecule has 0 spiro atoms. The number of hydrogen-bond acceptors (Lipinski definition) is 7. The van der Waals surface area contributed by atoms with Crippen LogP contribution in [-0.2, 0) is 23.9 Å². The molecule has 1 aromatic carbocycles. The van der Waals surface area contributed by atoms with Gasteiger partial charge in [-0.05, 0) is 43.1 Å². The molecule has 1 aliphatic rings. The molecule has 1 fully saturated rings. The van der Waals surface area contributed by atoms with Crippen molar-refractivity contribution >= 4 is 23.6 Å². The molecule has 0 saturated carbocycles. The van der Waals surface area contributed by atoms with Crippen molar-refractivity contribution in [2.45, 2.75) is 130 Å². The van der Waals surface area contributed by atoms with Crippen LogP contribution in [0.25, 0.3) is 0 Å². The average Bonchev–Trinajstić information content (AvgIpc) is 3.52. The lowest BCUT2D eigenvalue weighted by Gasteiger charge is -2.40. The van der Waals surface area contributed by atoms with Gasteiger partial charge in [0.25, 0.3) is 0 Å². The monoisotopic (exact) mass is 673 g/mol. The number of hydrogen-bond donors (Lipinski definition) is 4. The minimum Gasteiger partial charge on any atom is -0.386 e. The highest BCUT2D eigenvalue weighted by molar-refractivity contribution is 5.88. The van der Waals surface area contributed by atoms with Gasteiger partial charge >= 0.3 is 0 Å². The van der Waals surface area contributed by atoms with E-state index in [4.69, 9.17) is 10.5 Å². The number of ether oxygens (including phenoxy) is 1. The van der Waals surface area contributed by atoms with Gasteiger partial charge in [0.05, 0.1) is 30.2 Å². The number of likely N-dealkylation sites (tertiary alicyclic amines) is 1. The van der Waals surface area contributed by atoms with Crippen molar-refractivity contribution in [3.63, 3.8) is 0 Å². The van der Waals surface area contributed by atoms with E-state index in [-0.39, 0.29) is 53.8 Å². The highest BCUT2D eigenvalue weighted by Crippen LogP contribution is 2.29. The molecule has 2 rings (SSSR count). The minimum absolute atomic E-state index is 0.000953. The summed E-state index contributed by atoms with van der Waals surface area (Å²) in [5, 5.41) is 16.6. The zero-order valence-electron chi connectivity index (χ0n) is 30.9. The van der Waals surface area contributed by atoms with E-state index in [1.165, 1.54) is 0 Å². The smallest absolute Gasteiger partial charge is 0.245 e. The molecule has 11 heteroatoms. The van der Waals surface area contributed by atoms with Crippen molar-refractivity contribution < 1.29 is 29.0 Å². The summed E-state index contributed by atoms with van der Waals surface area (Å²) in [5.41, 5.74) is 7.50. The fourth-order valence-electron chi connectivity index (χ4n) is 6.92. The molecule has 0 bridgehead atoms. The maximum absolute atomic E-state index is 13.9. The minimum atomic E-state index is -0.870. The normalized spacial score (nSPS) is 20.0. The second-order valence-corrected chi connectivity index (χ2v) is 14.5. The van der Waals surface area contributed by atoms with Crippen molar-refractivity contribution in [3.05, 3.63) is 35.9 Å². The third kappa shape index (κ3) is 11.0. The molecule has 1 heterocycles. The van der Waals surface area contributed by atoms with E-state index in [1.54, 1.807) is 37.8 Å². The van der Waals surface area contributed by atoms with Crippen LogP contribution in [0.5, 0.6) is 0 Å². The summed E-state index contributed by atoms with van der Waals surface area (Å²) in [6.07, 6.45) is 1.11. The number of carbonyl (C=O) groups is 4. The molecular weight excluding hydrogens is 610 g/mol. The van der Waals surface area contributed by atoms with Gasteiger partial charge in [-0.15, -0.1) is 0 Å². The molecule has 1 aromatic rings. The van der Waals surface area contributed by atoms with Crippen LogP contribution in [0.1, 0.15) is 99.2 Å². The van der Waals surface area contributed by atoms with Crippen molar-refractivity contribution in [3.8, 4) is 0 Å². The van der Waals surface area contributed by atoms with Crippen LogP contribution in [0.15, 0.2) is 30.3 Å². The van der Waals surface area contributed by atoms with Gasteiger partial charge in [-0.3, -0.25) is 19.2 Å². The van der Waals surface area contributed by atoms with E-state index in [0.29, 0.717) is 24.9 Å². The van der Waals surface area contributed by atoms with Crippen LogP contribution in [0.3, 0.4) is 0 Å². The van der Waals surface area contributed by atoms with Crippen LogP contribution < -0.4 is 16.4 Å². The summed E-state index contributed by atoms with van der Waals surface area (Å²) in [5.74, 6) is -1.36. The largest absolute Gasteiger partial charge is 0.386 e. The fraction of sp³-hybridized carbons (Fsp3) is 0.730. The molecular formula is C37H63N5O6. The van der Waals surface area contributed by atoms with E-state index >= 15 is 0 Å². The van der Waals surface area contributed by atoms with Gasteiger partial charge in [0.2, 0.25) is 23.6 Å². The molecule has 5 N–H and O–H groups in total. The summed E-state index contributed by atoms with van der Waals surface area (Å²) in [6, 6.07) is 6.53. The van der Waals surface area contributed by atoms with E-state index in [2.05, 4.69) is 10.6 Å². The lowest BCUT2D eigenvalue weighted by molar-refractivity contribution is -0.142. The molecule has 1 aliphatic heterocycles. The Bertz CT molecular complexity index is 1180. The number of nitrogens with zero attached hydrogens (tertiary/aromatic N) is 2. The first-order valence-electron chi connectivity index (χ1n) is 17.7. The standard InChI is InChI=1S/C37H63N5O6/c1-11-24(6)33(41(9)37(47)32(23(4)5)40-30(43)20-22(2)3)28(38)21-31(44)42-19-15-18-29(42)35(48-10)25(7)36(46)39-26(8)34(45)27-16-13-12-14-17-27/h12-14,16-17,22-26,28-29,32-35,45H,11,15,18-21,38H2,1-10H3,(H,39,46)(H,40,43). The van der Waals surface area contributed by atoms with Crippen molar-refractivity contribution in [2.24, 2.45) is 29.4 Å². The lowest BCUT2D eigenvalue weighted by Crippen LogP contribution is -2.59. The number of carbonyl (C=O) groups excluding carboxylic acids is 4. The van der Waals surface area contributed by atoms with Gasteiger partial charge in [0, 0.05) is 45.6 Å². The van der Waals surface area contributed by atoms with Crippen molar-refractivity contribution in [1.29, 1.82) is 0 Å². The first-order chi connectivity index (χ1) is 22.5. The summed E-state index contributed by atoms with van der Waals surface area (Å²) in [4.78, 5) is 57.1.